The van der Waals surface area contributed by atoms with E-state index >= 15 is 0 Å². The molecule has 2 aromatic rings. The van der Waals surface area contributed by atoms with E-state index in [2.05, 4.69) is 0 Å². The summed E-state index contributed by atoms with van der Waals surface area (Å²) in [5.74, 6) is 1.49. The lowest BCUT2D eigenvalue weighted by molar-refractivity contribution is -0.119. The predicted molar refractivity (Wildman–Crippen MR) is 70.8 cm³/mol. The van der Waals surface area contributed by atoms with Crippen LogP contribution in [0.5, 0.6) is 11.7 Å². The van der Waals surface area contributed by atoms with E-state index in [0.717, 1.165) is 5.76 Å². The minimum Gasteiger partial charge on any atom is -0.429 e. The van der Waals surface area contributed by atoms with E-state index in [0.29, 0.717) is 18.2 Å². The second-order valence-corrected chi connectivity index (χ2v) is 4.27. The number of carbonyl (C=O) groups is 1. The smallest absolute Gasteiger partial charge is 0.290 e. The quantitative estimate of drug-likeness (QED) is 0.862. The van der Waals surface area contributed by atoms with Crippen LogP contribution in [-0.2, 0) is 11.3 Å². The first-order valence-electron chi connectivity index (χ1n) is 5.92. The Kier molecular flexibility index (Phi) is 4.20. The van der Waals surface area contributed by atoms with Gasteiger partial charge in [0, 0.05) is 6.07 Å². The molecule has 0 fully saturated rings. The molecule has 0 spiro atoms. The topological polar surface area (TPSA) is 68.7 Å². The highest BCUT2D eigenvalue weighted by Gasteiger charge is 2.08. The molecule has 5 heteroatoms. The minimum atomic E-state index is -0.366. The number of hydrogen-bond acceptors (Lipinski definition) is 4. The molecule has 5 nitrogen and oxygen atoms in total. The number of ether oxygens (including phenoxy) is 1. The molecule has 1 aromatic heterocycles. The van der Waals surface area contributed by atoms with Crippen molar-refractivity contribution in [3.8, 4) is 11.7 Å². The van der Waals surface area contributed by atoms with Crippen molar-refractivity contribution in [1.29, 1.82) is 0 Å². The molecule has 0 saturated heterocycles. The number of carbonyl (C=O) groups excluding carboxylic acids is 1. The summed E-state index contributed by atoms with van der Waals surface area (Å²) < 4.78 is 11.1. The van der Waals surface area contributed by atoms with Crippen LogP contribution in [0.1, 0.15) is 5.76 Å². The third-order valence-electron chi connectivity index (χ3n) is 2.45. The van der Waals surface area contributed by atoms with Crippen LogP contribution in [0.2, 0.25) is 0 Å². The van der Waals surface area contributed by atoms with Crippen LogP contribution in [0.25, 0.3) is 0 Å². The van der Waals surface area contributed by atoms with Crippen molar-refractivity contribution in [3.05, 3.63) is 48.2 Å². The van der Waals surface area contributed by atoms with Gasteiger partial charge < -0.3 is 14.9 Å². The number of benzene rings is 1. The van der Waals surface area contributed by atoms with Crippen LogP contribution >= 0.6 is 0 Å². The molecule has 2 rings (SSSR count). The van der Waals surface area contributed by atoms with Gasteiger partial charge in [-0.1, -0.05) is 18.2 Å². The Hall–Kier alpha value is -2.27. The van der Waals surface area contributed by atoms with Gasteiger partial charge in [-0.3, -0.25) is 9.69 Å². The predicted octanol–water partition coefficient (Wildman–Crippen LogP) is 1.99. The van der Waals surface area contributed by atoms with E-state index < -0.39 is 0 Å². The van der Waals surface area contributed by atoms with Gasteiger partial charge in [0.2, 0.25) is 5.91 Å². The SMILES string of the molecule is CN(CC(N)=O)Cc1ccc(Oc2ccccc2)o1. The molecule has 1 aromatic carbocycles. The van der Waals surface area contributed by atoms with Crippen molar-refractivity contribution < 1.29 is 13.9 Å². The average Bonchev–Trinajstić information content (AvgIpc) is 2.76. The highest BCUT2D eigenvalue weighted by Crippen LogP contribution is 2.23. The Morgan fingerprint density at radius 1 is 1.26 bits per heavy atom. The zero-order valence-electron chi connectivity index (χ0n) is 10.7. The van der Waals surface area contributed by atoms with Gasteiger partial charge in [-0.05, 0) is 25.2 Å². The number of para-hydroxylation sites is 1. The maximum absolute atomic E-state index is 10.8. The summed E-state index contributed by atoms with van der Waals surface area (Å²) in [6, 6.07) is 13.0. The molecule has 1 amide bonds. The second kappa shape index (κ2) is 6.06. The lowest BCUT2D eigenvalue weighted by Gasteiger charge is -2.11. The third kappa shape index (κ3) is 4.15. The van der Waals surface area contributed by atoms with Crippen molar-refractivity contribution in [2.24, 2.45) is 5.73 Å². The number of nitrogens with two attached hydrogens (primary N) is 1. The van der Waals surface area contributed by atoms with Crippen LogP contribution < -0.4 is 10.5 Å². The summed E-state index contributed by atoms with van der Waals surface area (Å²) in [6.07, 6.45) is 0. The highest BCUT2D eigenvalue weighted by molar-refractivity contribution is 5.75. The number of nitrogens with zero attached hydrogens (tertiary/aromatic N) is 1. The number of amides is 1. The van der Waals surface area contributed by atoms with Gasteiger partial charge in [-0.25, -0.2) is 0 Å². The Bertz CT molecular complexity index is 537. The molecule has 2 N–H and O–H groups in total. The van der Waals surface area contributed by atoms with Crippen molar-refractivity contribution in [2.45, 2.75) is 6.54 Å². The Morgan fingerprint density at radius 2 is 2.00 bits per heavy atom. The third-order valence-corrected chi connectivity index (χ3v) is 2.45. The highest BCUT2D eigenvalue weighted by atomic mass is 16.6. The second-order valence-electron chi connectivity index (χ2n) is 4.27. The lowest BCUT2D eigenvalue weighted by atomic mass is 10.3. The van der Waals surface area contributed by atoms with Crippen molar-refractivity contribution in [2.75, 3.05) is 13.6 Å². The van der Waals surface area contributed by atoms with Gasteiger partial charge in [-0.15, -0.1) is 0 Å². The molecule has 0 saturated carbocycles. The number of hydrogen-bond donors (Lipinski definition) is 1. The zero-order valence-corrected chi connectivity index (χ0v) is 10.7. The molecule has 0 unspecified atom stereocenters. The zero-order chi connectivity index (χ0) is 13.7. The molecular weight excluding hydrogens is 244 g/mol. The molecule has 19 heavy (non-hydrogen) atoms. The summed E-state index contributed by atoms with van der Waals surface area (Å²) in [4.78, 5) is 12.5. The van der Waals surface area contributed by atoms with Gasteiger partial charge >= 0.3 is 0 Å². The fraction of sp³-hybridized carbons (Fsp3) is 0.214. The van der Waals surface area contributed by atoms with Gasteiger partial charge in [0.05, 0.1) is 13.1 Å². The first kappa shape index (κ1) is 13.2. The van der Waals surface area contributed by atoms with Crippen LogP contribution in [-0.4, -0.2) is 24.4 Å². The maximum atomic E-state index is 10.8. The van der Waals surface area contributed by atoms with Gasteiger partial charge in [0.25, 0.3) is 5.95 Å². The lowest BCUT2D eigenvalue weighted by Crippen LogP contribution is -2.30. The van der Waals surface area contributed by atoms with Crippen molar-refractivity contribution >= 4 is 5.91 Å². The number of furan rings is 1. The van der Waals surface area contributed by atoms with E-state index in [1.54, 1.807) is 18.0 Å². The molecular formula is C14H16N2O3. The monoisotopic (exact) mass is 260 g/mol. The van der Waals surface area contributed by atoms with Crippen LogP contribution in [0, 0.1) is 0 Å². The van der Waals surface area contributed by atoms with Gasteiger partial charge in [0.15, 0.2) is 0 Å². The number of likely N-dealkylation sites (N-methyl/N-ethyl adjacent to an activating group) is 1. The van der Waals surface area contributed by atoms with Crippen LogP contribution in [0.4, 0.5) is 0 Å². The van der Waals surface area contributed by atoms with Crippen molar-refractivity contribution in [3.63, 3.8) is 0 Å². The number of primary amides is 1. The van der Waals surface area contributed by atoms with Crippen LogP contribution in [0.15, 0.2) is 46.9 Å². The Morgan fingerprint density at radius 3 is 2.68 bits per heavy atom. The summed E-state index contributed by atoms with van der Waals surface area (Å²) >= 11 is 0. The van der Waals surface area contributed by atoms with E-state index in [1.165, 1.54) is 0 Å². The maximum Gasteiger partial charge on any atom is 0.290 e. The fourth-order valence-electron chi connectivity index (χ4n) is 1.69. The average molecular weight is 260 g/mol. The molecule has 0 radical (unpaired) electrons. The van der Waals surface area contributed by atoms with E-state index in [-0.39, 0.29) is 12.5 Å². The van der Waals surface area contributed by atoms with Crippen molar-refractivity contribution in [1.82, 2.24) is 4.90 Å². The van der Waals surface area contributed by atoms with Gasteiger partial charge in [-0.2, -0.15) is 0 Å². The standard InChI is InChI=1S/C14H16N2O3/c1-16(10-13(15)17)9-12-7-8-14(19-12)18-11-5-3-2-4-6-11/h2-8H,9-10H2,1H3,(H2,15,17). The summed E-state index contributed by atoms with van der Waals surface area (Å²) in [5.41, 5.74) is 5.12. The first-order valence-corrected chi connectivity index (χ1v) is 5.92. The summed E-state index contributed by atoms with van der Waals surface area (Å²) in [5, 5.41) is 0. The molecule has 0 aliphatic rings. The molecule has 1 heterocycles. The van der Waals surface area contributed by atoms with E-state index in [4.69, 9.17) is 14.9 Å². The fourth-order valence-corrected chi connectivity index (χ4v) is 1.69. The molecule has 0 aliphatic heterocycles. The number of rotatable bonds is 6. The largest absolute Gasteiger partial charge is 0.429 e. The molecule has 0 atom stereocenters. The molecule has 100 valence electrons. The van der Waals surface area contributed by atoms with E-state index in [1.807, 2.05) is 36.4 Å². The minimum absolute atomic E-state index is 0.190. The molecule has 0 bridgehead atoms. The molecule has 0 aliphatic carbocycles. The first-order chi connectivity index (χ1) is 9.13. The normalized spacial score (nSPS) is 10.6. The summed E-state index contributed by atoms with van der Waals surface area (Å²) in [7, 11) is 1.80. The van der Waals surface area contributed by atoms with E-state index in [9.17, 15) is 4.79 Å². The van der Waals surface area contributed by atoms with Gasteiger partial charge in [0.1, 0.15) is 11.5 Å². The summed E-state index contributed by atoms with van der Waals surface area (Å²) in [6.45, 7) is 0.691. The Balaban J connectivity index is 1.94. The Labute approximate surface area is 111 Å². The van der Waals surface area contributed by atoms with Crippen LogP contribution in [0.3, 0.4) is 0 Å².